The van der Waals surface area contributed by atoms with Crippen molar-refractivity contribution >= 4 is 16.9 Å². The number of hydrogen-bond donors (Lipinski definition) is 1. The van der Waals surface area contributed by atoms with E-state index in [4.69, 9.17) is 4.42 Å². The fraction of sp³-hybridized carbons (Fsp3) is 0.200. The Morgan fingerprint density at radius 1 is 1.08 bits per heavy atom. The van der Waals surface area contributed by atoms with Crippen LogP contribution in [0.2, 0.25) is 0 Å². The average Bonchev–Trinajstić information content (AvgIpc) is 3.25. The fourth-order valence-electron chi connectivity index (χ4n) is 3.79. The van der Waals surface area contributed by atoms with Crippen molar-refractivity contribution in [3.8, 4) is 0 Å². The Bertz CT molecular complexity index is 1030. The lowest BCUT2D eigenvalue weighted by Crippen LogP contribution is -2.37. The van der Waals surface area contributed by atoms with Gasteiger partial charge in [0.1, 0.15) is 17.6 Å². The van der Waals surface area contributed by atoms with Gasteiger partial charge in [-0.15, -0.1) is 0 Å². The third kappa shape index (κ3) is 2.23. The Labute approximate surface area is 145 Å². The summed E-state index contributed by atoms with van der Waals surface area (Å²) in [6, 6.07) is 14.3. The molecular formula is C20H18N4O. The van der Waals surface area contributed by atoms with Gasteiger partial charge in [-0.25, -0.2) is 9.97 Å². The van der Waals surface area contributed by atoms with Gasteiger partial charge in [-0.05, 0) is 43.2 Å². The molecule has 124 valence electrons. The molecule has 25 heavy (non-hydrogen) atoms. The number of nitrogens with zero attached hydrogens (tertiary/aromatic N) is 3. The summed E-state index contributed by atoms with van der Waals surface area (Å²) in [5, 5.41) is 1.29. The number of aryl methyl sites for hydroxylation is 1. The van der Waals surface area contributed by atoms with Gasteiger partial charge in [-0.2, -0.15) is 0 Å². The smallest absolute Gasteiger partial charge is 0.226 e. The van der Waals surface area contributed by atoms with Crippen molar-refractivity contribution in [1.82, 2.24) is 15.0 Å². The van der Waals surface area contributed by atoms with Crippen LogP contribution in [0.3, 0.4) is 0 Å². The van der Waals surface area contributed by atoms with Crippen molar-refractivity contribution in [2.24, 2.45) is 0 Å². The number of aromatic amines is 1. The second-order valence-corrected chi connectivity index (χ2v) is 6.41. The Hall–Kier alpha value is -3.08. The minimum Gasteiger partial charge on any atom is -0.464 e. The Balaban J connectivity index is 1.72. The van der Waals surface area contributed by atoms with Crippen molar-refractivity contribution < 1.29 is 4.42 Å². The van der Waals surface area contributed by atoms with Gasteiger partial charge in [0.15, 0.2) is 0 Å². The molecule has 3 aromatic heterocycles. The van der Waals surface area contributed by atoms with Gasteiger partial charge in [0.05, 0.1) is 5.69 Å². The zero-order valence-corrected chi connectivity index (χ0v) is 13.9. The van der Waals surface area contributed by atoms with Crippen molar-refractivity contribution in [2.75, 3.05) is 11.4 Å². The zero-order valence-electron chi connectivity index (χ0n) is 13.9. The molecule has 0 saturated carbocycles. The van der Waals surface area contributed by atoms with Crippen LogP contribution in [0.4, 0.5) is 5.95 Å². The predicted octanol–water partition coefficient (Wildman–Crippen LogP) is 4.01. The van der Waals surface area contributed by atoms with Crippen LogP contribution in [0.15, 0.2) is 59.3 Å². The first kappa shape index (κ1) is 14.3. The number of benzene rings is 1. The Morgan fingerprint density at radius 3 is 2.72 bits per heavy atom. The van der Waals surface area contributed by atoms with Gasteiger partial charge in [0, 0.05) is 29.8 Å². The lowest BCUT2D eigenvalue weighted by Gasteiger charge is -2.34. The van der Waals surface area contributed by atoms with E-state index in [2.05, 4.69) is 50.2 Å². The van der Waals surface area contributed by atoms with Crippen molar-refractivity contribution in [2.45, 2.75) is 19.4 Å². The van der Waals surface area contributed by atoms with Gasteiger partial charge < -0.3 is 14.3 Å². The fourth-order valence-corrected chi connectivity index (χ4v) is 3.79. The van der Waals surface area contributed by atoms with Gasteiger partial charge in [-0.1, -0.05) is 18.2 Å². The molecule has 1 aliphatic rings. The molecule has 5 rings (SSSR count). The predicted molar refractivity (Wildman–Crippen MR) is 96.7 cm³/mol. The number of nitrogens with one attached hydrogen (secondary N) is 1. The number of furan rings is 1. The molecule has 1 unspecified atom stereocenters. The molecule has 1 atom stereocenters. The van der Waals surface area contributed by atoms with Crippen LogP contribution < -0.4 is 4.90 Å². The second kappa shape index (κ2) is 5.48. The quantitative estimate of drug-likeness (QED) is 0.603. The van der Waals surface area contributed by atoms with Crippen LogP contribution in [0.1, 0.15) is 28.8 Å². The minimum absolute atomic E-state index is 0.0488. The summed E-state index contributed by atoms with van der Waals surface area (Å²) >= 11 is 0. The van der Waals surface area contributed by atoms with Gasteiger partial charge in [-0.3, -0.25) is 0 Å². The summed E-state index contributed by atoms with van der Waals surface area (Å²) in [4.78, 5) is 14.8. The van der Waals surface area contributed by atoms with E-state index in [-0.39, 0.29) is 6.04 Å². The van der Waals surface area contributed by atoms with Gasteiger partial charge in [0.2, 0.25) is 5.95 Å². The van der Waals surface area contributed by atoms with E-state index >= 15 is 0 Å². The highest BCUT2D eigenvalue weighted by Crippen LogP contribution is 2.40. The lowest BCUT2D eigenvalue weighted by molar-refractivity contribution is 0.442. The first-order valence-corrected chi connectivity index (χ1v) is 8.51. The van der Waals surface area contributed by atoms with E-state index in [0.717, 1.165) is 36.0 Å². The summed E-state index contributed by atoms with van der Waals surface area (Å²) in [7, 11) is 0. The van der Waals surface area contributed by atoms with E-state index in [1.165, 1.54) is 16.6 Å². The highest BCUT2D eigenvalue weighted by Gasteiger charge is 2.34. The Morgan fingerprint density at radius 2 is 1.92 bits per heavy atom. The number of aromatic nitrogens is 3. The summed E-state index contributed by atoms with van der Waals surface area (Å²) in [5.74, 6) is 2.55. The van der Waals surface area contributed by atoms with E-state index < -0.39 is 0 Å². The van der Waals surface area contributed by atoms with E-state index in [1.54, 1.807) is 12.4 Å². The van der Waals surface area contributed by atoms with Crippen LogP contribution in [0.25, 0.3) is 10.9 Å². The molecule has 1 aliphatic heterocycles. The van der Waals surface area contributed by atoms with Crippen molar-refractivity contribution in [3.63, 3.8) is 0 Å². The molecule has 0 fully saturated rings. The van der Waals surface area contributed by atoms with Gasteiger partial charge in [0.25, 0.3) is 0 Å². The standard InChI is InChI=1S/C20H18N4O/c1-13-7-8-17(25-13)19-18-15(14-5-2-3-6-16(14)23-18)9-12-24(19)20-21-10-4-11-22-20/h2-8,10-11,19,23H,9,12H2,1H3. The third-order valence-corrected chi connectivity index (χ3v) is 4.87. The van der Waals surface area contributed by atoms with Gasteiger partial charge >= 0.3 is 0 Å². The van der Waals surface area contributed by atoms with Crippen molar-refractivity contribution in [3.05, 3.63) is 77.6 Å². The van der Waals surface area contributed by atoms with Crippen LogP contribution in [-0.2, 0) is 6.42 Å². The highest BCUT2D eigenvalue weighted by atomic mass is 16.3. The highest BCUT2D eigenvalue weighted by molar-refractivity contribution is 5.85. The van der Waals surface area contributed by atoms with E-state index in [9.17, 15) is 0 Å². The lowest BCUT2D eigenvalue weighted by atomic mass is 9.96. The molecule has 4 aromatic rings. The maximum atomic E-state index is 6.01. The molecule has 5 nitrogen and oxygen atoms in total. The van der Waals surface area contributed by atoms with E-state index in [1.807, 2.05) is 19.1 Å². The number of para-hydroxylation sites is 1. The van der Waals surface area contributed by atoms with Crippen molar-refractivity contribution in [1.29, 1.82) is 0 Å². The van der Waals surface area contributed by atoms with Crippen LogP contribution in [0.5, 0.6) is 0 Å². The molecule has 4 heterocycles. The minimum atomic E-state index is -0.0488. The normalized spacial score (nSPS) is 17.0. The maximum Gasteiger partial charge on any atom is 0.226 e. The van der Waals surface area contributed by atoms with Crippen LogP contribution in [0, 0.1) is 6.92 Å². The number of H-pyrrole nitrogens is 1. The molecule has 0 bridgehead atoms. The SMILES string of the molecule is Cc1ccc(C2c3[nH]c4ccccc4c3CCN2c2ncccn2)o1. The molecule has 1 aromatic carbocycles. The summed E-state index contributed by atoms with van der Waals surface area (Å²) < 4.78 is 6.01. The molecule has 5 heteroatoms. The largest absolute Gasteiger partial charge is 0.464 e. The molecule has 0 saturated heterocycles. The van der Waals surface area contributed by atoms with E-state index in [0.29, 0.717) is 0 Å². The first-order valence-electron chi connectivity index (χ1n) is 8.51. The monoisotopic (exact) mass is 330 g/mol. The Kier molecular flexibility index (Phi) is 3.13. The summed E-state index contributed by atoms with van der Waals surface area (Å²) in [5.41, 5.74) is 3.70. The number of rotatable bonds is 2. The molecule has 0 amide bonds. The summed E-state index contributed by atoms with van der Waals surface area (Å²) in [6.07, 6.45) is 4.52. The first-order chi connectivity index (χ1) is 12.3. The number of fused-ring (bicyclic) bond motifs is 3. The topological polar surface area (TPSA) is 58.0 Å². The third-order valence-electron chi connectivity index (χ3n) is 4.87. The molecular weight excluding hydrogens is 312 g/mol. The maximum absolute atomic E-state index is 6.01. The number of hydrogen-bond acceptors (Lipinski definition) is 4. The van der Waals surface area contributed by atoms with Crippen LogP contribution >= 0.6 is 0 Å². The average molecular weight is 330 g/mol. The van der Waals surface area contributed by atoms with Crippen LogP contribution in [-0.4, -0.2) is 21.5 Å². The molecule has 0 spiro atoms. The molecule has 0 radical (unpaired) electrons. The molecule has 0 aliphatic carbocycles. The number of anilines is 1. The zero-order chi connectivity index (χ0) is 16.8. The second-order valence-electron chi connectivity index (χ2n) is 6.41. The molecule has 1 N–H and O–H groups in total. The summed E-state index contributed by atoms with van der Waals surface area (Å²) in [6.45, 7) is 2.82.